The molecule has 3 heterocycles. The number of methoxy groups -OCH3 is 1. The van der Waals surface area contributed by atoms with E-state index in [-0.39, 0.29) is 12.4 Å². The van der Waals surface area contributed by atoms with Crippen LogP contribution in [0.25, 0.3) is 27.8 Å². The summed E-state index contributed by atoms with van der Waals surface area (Å²) < 4.78 is 29.7. The van der Waals surface area contributed by atoms with E-state index in [9.17, 15) is 14.3 Å². The maximum Gasteiger partial charge on any atom is 0.354 e. The second-order valence-electron chi connectivity index (χ2n) is 12.0. The predicted octanol–water partition coefficient (Wildman–Crippen LogP) is 7.84. The number of fused-ring (bicyclic) bond motifs is 6. The van der Waals surface area contributed by atoms with Gasteiger partial charge in [0.15, 0.2) is 0 Å². The van der Waals surface area contributed by atoms with Crippen molar-refractivity contribution in [2.24, 2.45) is 19.2 Å². The van der Waals surface area contributed by atoms with Gasteiger partial charge in [-0.1, -0.05) is 17.7 Å². The molecule has 0 fully saturated rings. The van der Waals surface area contributed by atoms with Crippen LogP contribution in [0.1, 0.15) is 46.3 Å². The molecule has 6 rings (SSSR count). The molecule has 0 atom stereocenters. The lowest BCUT2D eigenvalue weighted by Crippen LogP contribution is -2.19. The number of carbonyl (C=O) groups is 1. The lowest BCUT2D eigenvalue weighted by atomic mass is 10.0. The summed E-state index contributed by atoms with van der Waals surface area (Å²) in [5.41, 5.74) is 5.63. The van der Waals surface area contributed by atoms with E-state index in [0.29, 0.717) is 59.7 Å². The molecule has 0 amide bonds. The number of ether oxygens (including phenoxy) is 2. The first-order valence-corrected chi connectivity index (χ1v) is 18.8. The second-order valence-corrected chi connectivity index (χ2v) is 14.4. The molecule has 5 aromatic rings. The van der Waals surface area contributed by atoms with E-state index >= 15 is 0 Å². The smallest absolute Gasteiger partial charge is 0.354 e. The molecule has 3 aromatic carbocycles. The molecule has 1 aliphatic rings. The maximum absolute atomic E-state index is 14.3. The first kappa shape index (κ1) is 35.8. The molecule has 1 N–H and O–H groups in total. The Morgan fingerprint density at radius 1 is 1.12 bits per heavy atom. The highest BCUT2D eigenvalue weighted by Gasteiger charge is 2.24. The Hall–Kier alpha value is -3.97. The molecule has 262 valence electrons. The van der Waals surface area contributed by atoms with Crippen molar-refractivity contribution in [2.45, 2.75) is 36.2 Å². The van der Waals surface area contributed by atoms with Crippen molar-refractivity contribution in [3.05, 3.63) is 93.3 Å². The van der Waals surface area contributed by atoms with Gasteiger partial charge in [0.25, 0.3) is 0 Å². The van der Waals surface area contributed by atoms with E-state index < -0.39 is 5.97 Å². The standard InChI is InChI=1S/C37H39ClFN5O4S2/c1-23-16-32-33(38)10-9-31-30(36(37(46)47-4)42(2)35(31)32)6-5-14-48-34-20-28(18-24-17-25(39)7-8-29(24)34)50-22-27-19-26(41-43(27)3)21-49-15-11-40-44(23)12-13-45/h7-11,16-20,45H,5-6,12-15,21-22H2,1-4H3/b23-16+,40-11+. The fourth-order valence-corrected chi connectivity index (χ4v) is 8.11. The van der Waals surface area contributed by atoms with Crippen LogP contribution in [0.15, 0.2) is 64.2 Å². The Morgan fingerprint density at radius 3 is 2.74 bits per heavy atom. The van der Waals surface area contributed by atoms with E-state index in [0.717, 1.165) is 54.8 Å². The number of nitrogens with zero attached hydrogens (tertiary/aromatic N) is 5. The predicted molar refractivity (Wildman–Crippen MR) is 202 cm³/mol. The molecule has 50 heavy (non-hydrogen) atoms. The maximum atomic E-state index is 14.3. The molecule has 13 heteroatoms. The summed E-state index contributed by atoms with van der Waals surface area (Å²) in [7, 11) is 5.16. The zero-order valence-electron chi connectivity index (χ0n) is 28.4. The van der Waals surface area contributed by atoms with E-state index in [1.807, 2.05) is 66.8 Å². The number of hydrogen-bond acceptors (Lipinski definition) is 9. The van der Waals surface area contributed by atoms with Crippen LogP contribution < -0.4 is 4.74 Å². The average molecular weight is 736 g/mol. The van der Waals surface area contributed by atoms with Crippen LogP contribution in [-0.2, 0) is 36.8 Å². The van der Waals surface area contributed by atoms with Crippen LogP contribution >= 0.6 is 35.1 Å². The fourth-order valence-electron chi connectivity index (χ4n) is 6.28. The minimum absolute atomic E-state index is 0.0819. The zero-order chi connectivity index (χ0) is 35.4. The molecule has 9 nitrogen and oxygen atoms in total. The number of benzene rings is 3. The van der Waals surface area contributed by atoms with Gasteiger partial charge in [-0.2, -0.15) is 10.2 Å². The molecule has 1 aliphatic heterocycles. The van der Waals surface area contributed by atoms with Gasteiger partial charge < -0.3 is 19.1 Å². The van der Waals surface area contributed by atoms with Gasteiger partial charge in [-0.05, 0) is 79.3 Å². The van der Waals surface area contributed by atoms with Crippen LogP contribution in [0.2, 0.25) is 5.02 Å². The van der Waals surface area contributed by atoms with Gasteiger partial charge in [0.1, 0.15) is 17.3 Å². The first-order chi connectivity index (χ1) is 24.2. The highest BCUT2D eigenvalue weighted by Crippen LogP contribution is 2.37. The number of hydrogen-bond donors (Lipinski definition) is 1. The second kappa shape index (κ2) is 15.9. The van der Waals surface area contributed by atoms with Gasteiger partial charge in [0, 0.05) is 75.2 Å². The van der Waals surface area contributed by atoms with Crippen LogP contribution in [0.3, 0.4) is 0 Å². The molecule has 2 aromatic heterocycles. The average Bonchev–Trinajstić information content (AvgIpc) is 3.60. The molecule has 0 radical (unpaired) electrons. The molecule has 0 saturated carbocycles. The molecule has 0 unspecified atom stereocenters. The van der Waals surface area contributed by atoms with Gasteiger partial charge in [-0.25, -0.2) is 9.18 Å². The van der Waals surface area contributed by atoms with Gasteiger partial charge >= 0.3 is 5.97 Å². The van der Waals surface area contributed by atoms with Gasteiger partial charge in [-0.3, -0.25) is 9.69 Å². The minimum Gasteiger partial charge on any atom is -0.493 e. The van der Waals surface area contributed by atoms with Gasteiger partial charge in [-0.15, -0.1) is 23.5 Å². The van der Waals surface area contributed by atoms with Crippen LogP contribution in [0, 0.1) is 5.82 Å². The number of β-amino-alcohol motifs (C(OH)–C–C–N with tert-alkyl or cyclic N) is 1. The number of allylic oxidation sites excluding steroid dienone is 1. The van der Waals surface area contributed by atoms with Crippen molar-refractivity contribution in [3.63, 3.8) is 0 Å². The zero-order valence-corrected chi connectivity index (χ0v) is 30.8. The van der Waals surface area contributed by atoms with E-state index in [1.165, 1.54) is 19.2 Å². The lowest BCUT2D eigenvalue weighted by molar-refractivity contribution is 0.0589. The number of halogens is 2. The summed E-state index contributed by atoms with van der Waals surface area (Å²) in [5.74, 6) is 1.97. The summed E-state index contributed by atoms with van der Waals surface area (Å²) in [4.78, 5) is 14.2. The van der Waals surface area contributed by atoms with Crippen molar-refractivity contribution in [2.75, 3.05) is 32.6 Å². The molecule has 0 spiro atoms. The summed E-state index contributed by atoms with van der Waals surface area (Å²) in [6.45, 7) is 2.51. The summed E-state index contributed by atoms with van der Waals surface area (Å²) in [6.07, 6.45) is 4.90. The number of aromatic nitrogens is 3. The number of rotatable bonds is 3. The summed E-state index contributed by atoms with van der Waals surface area (Å²) in [5, 5.41) is 24.0. The number of esters is 1. The number of thioether (sulfide) groups is 2. The third-order valence-corrected chi connectivity index (χ3v) is 10.9. The van der Waals surface area contributed by atoms with Crippen LogP contribution in [0.4, 0.5) is 4.39 Å². The number of carbonyl (C=O) groups excluding carboxylic acids is 1. The normalized spacial score (nSPS) is 16.5. The Kier molecular flexibility index (Phi) is 11.4. The SMILES string of the molecule is COC(=O)c1c2c3ccc(Cl)c(c3n1C)/C=C(\C)N(CCO)/N=C/CSCc1cc(n(C)n1)CSc1cc(c3ccc(F)cc3c1)OCCC2. The quantitative estimate of drug-likeness (QED) is 0.188. The third-order valence-electron chi connectivity index (χ3n) is 8.65. The number of aliphatic hydroxyl groups is 1. The Morgan fingerprint density at radius 2 is 1.94 bits per heavy atom. The van der Waals surface area contributed by atoms with Crippen molar-refractivity contribution in [1.29, 1.82) is 0 Å². The number of aliphatic hydroxyl groups excluding tert-OH is 1. The Balaban J connectivity index is 1.41. The first-order valence-electron chi connectivity index (χ1n) is 16.2. The molecular formula is C37H39ClFN5O4S2. The largest absolute Gasteiger partial charge is 0.493 e. The highest BCUT2D eigenvalue weighted by atomic mass is 35.5. The monoisotopic (exact) mass is 735 g/mol. The summed E-state index contributed by atoms with van der Waals surface area (Å²) >= 11 is 10.2. The molecule has 0 aliphatic carbocycles. The van der Waals surface area contributed by atoms with E-state index in [4.69, 9.17) is 26.2 Å². The van der Waals surface area contributed by atoms with Crippen molar-refractivity contribution >= 4 is 75.1 Å². The number of aryl methyl sites for hydroxylation is 3. The minimum atomic E-state index is -0.443. The topological polar surface area (TPSA) is 94.1 Å². The Bertz CT molecular complexity index is 2110. The third kappa shape index (κ3) is 7.68. The van der Waals surface area contributed by atoms with Crippen LogP contribution in [-0.4, -0.2) is 69.3 Å². The van der Waals surface area contributed by atoms with E-state index in [1.54, 1.807) is 34.6 Å². The lowest BCUT2D eigenvalue weighted by Gasteiger charge is -2.19. The van der Waals surface area contributed by atoms with Crippen molar-refractivity contribution in [3.8, 4) is 5.75 Å². The van der Waals surface area contributed by atoms with Gasteiger partial charge in [0.05, 0.1) is 38.1 Å². The van der Waals surface area contributed by atoms with Gasteiger partial charge in [0.2, 0.25) is 0 Å². The fraction of sp³-hybridized carbons (Fsp3) is 0.324. The van der Waals surface area contributed by atoms with E-state index in [2.05, 4.69) is 11.2 Å². The van der Waals surface area contributed by atoms with Crippen LogP contribution in [0.5, 0.6) is 5.75 Å². The Labute approximate surface area is 304 Å². The van der Waals surface area contributed by atoms with Crippen molar-refractivity contribution in [1.82, 2.24) is 19.4 Å². The summed E-state index contributed by atoms with van der Waals surface area (Å²) in [6, 6.07) is 14.6. The molecular weight excluding hydrogens is 697 g/mol. The molecule has 0 saturated heterocycles. The number of hydrazone groups is 1. The molecule has 8 bridgehead atoms. The highest BCUT2D eigenvalue weighted by molar-refractivity contribution is 7.99. The van der Waals surface area contributed by atoms with Crippen molar-refractivity contribution < 1.29 is 23.8 Å².